The van der Waals surface area contributed by atoms with Crippen LogP contribution in [0.2, 0.25) is 0 Å². The molecule has 4 heteroatoms. The molecule has 5 aromatic carbocycles. The summed E-state index contributed by atoms with van der Waals surface area (Å²) >= 11 is 0. The Hall–Kier alpha value is -6.39. The number of aryl methyl sites for hydroxylation is 2. The van der Waals surface area contributed by atoms with Gasteiger partial charge in [0.2, 0.25) is 0 Å². The summed E-state index contributed by atoms with van der Waals surface area (Å²) in [6.45, 7) is 0. The number of benzene rings is 5. The second kappa shape index (κ2) is 13.3. The van der Waals surface area contributed by atoms with Crippen LogP contribution in [0.25, 0.3) is 68.2 Å². The van der Waals surface area contributed by atoms with Gasteiger partial charge in [-0.15, -0.1) is 0 Å². The van der Waals surface area contributed by atoms with E-state index < -0.39 is 0 Å². The molecule has 2 heterocycles. The SMILES string of the molecule is C1=Cc2c(oc3cccc(C4=Cc5ccc(-c6nc(C7=CCC(c8ccccc8)C=C7)nc(-c7ccc(-c8ccccc8)cc7)n6)cc5CC4)c23)CC1. The standard InChI is InChI=1S/C49H37N3O/c1-3-10-32(11-4-1)34-18-22-36(23-19-34)47-50-48(37-24-20-35(21-25-37)33-12-5-2-6-13-33)52-49(51-47)41-29-27-38-30-40(28-26-39(38)31-41)42-15-9-17-45-46(42)43-14-7-8-16-44(43)53-45/h1-7,9-15,17-20,22-25,27,29-31,35H,8,16,21,26,28H2. The maximum atomic E-state index is 6.30. The molecule has 0 saturated heterocycles. The van der Waals surface area contributed by atoms with E-state index in [1.165, 1.54) is 44.3 Å². The molecule has 0 spiro atoms. The highest BCUT2D eigenvalue weighted by molar-refractivity contribution is 6.02. The summed E-state index contributed by atoms with van der Waals surface area (Å²) < 4.78 is 6.30. The first-order chi connectivity index (χ1) is 26.2. The normalized spacial score (nSPS) is 16.2. The number of furan rings is 1. The second-order valence-corrected chi connectivity index (χ2v) is 14.2. The van der Waals surface area contributed by atoms with Crippen LogP contribution in [0.4, 0.5) is 0 Å². The zero-order valence-electron chi connectivity index (χ0n) is 29.4. The molecule has 4 nitrogen and oxygen atoms in total. The van der Waals surface area contributed by atoms with E-state index in [1.54, 1.807) is 0 Å². The van der Waals surface area contributed by atoms with Crippen molar-refractivity contribution in [2.75, 3.05) is 0 Å². The minimum absolute atomic E-state index is 0.340. The molecular weight excluding hydrogens is 647 g/mol. The predicted octanol–water partition coefficient (Wildman–Crippen LogP) is 12.2. The molecular formula is C49H37N3O. The molecule has 0 fully saturated rings. The molecule has 10 rings (SSSR count). The first-order valence-corrected chi connectivity index (χ1v) is 18.6. The van der Waals surface area contributed by atoms with Crippen LogP contribution in [0.5, 0.6) is 0 Å². The lowest BCUT2D eigenvalue weighted by Crippen LogP contribution is -2.06. The van der Waals surface area contributed by atoms with E-state index >= 15 is 0 Å². The number of hydrogen-bond donors (Lipinski definition) is 0. The van der Waals surface area contributed by atoms with E-state index in [1.807, 2.05) is 6.07 Å². The lowest BCUT2D eigenvalue weighted by Gasteiger charge is -2.19. The lowest BCUT2D eigenvalue weighted by atomic mass is 9.85. The van der Waals surface area contributed by atoms with Crippen molar-refractivity contribution in [3.05, 3.63) is 185 Å². The quantitative estimate of drug-likeness (QED) is 0.175. The van der Waals surface area contributed by atoms with Gasteiger partial charge in [-0.2, -0.15) is 0 Å². The summed E-state index contributed by atoms with van der Waals surface area (Å²) in [6, 6.07) is 42.8. The highest BCUT2D eigenvalue weighted by Crippen LogP contribution is 2.40. The molecule has 3 aliphatic rings. The molecule has 1 atom stereocenters. The minimum atomic E-state index is 0.340. The van der Waals surface area contributed by atoms with Crippen LogP contribution < -0.4 is 0 Å². The third-order valence-electron chi connectivity index (χ3n) is 10.9. The van der Waals surface area contributed by atoms with Crippen molar-refractivity contribution >= 4 is 34.3 Å². The van der Waals surface area contributed by atoms with Crippen molar-refractivity contribution in [1.82, 2.24) is 15.0 Å². The van der Waals surface area contributed by atoms with Gasteiger partial charge in [0.25, 0.3) is 0 Å². The van der Waals surface area contributed by atoms with Gasteiger partial charge in [-0.05, 0) is 76.8 Å². The average Bonchev–Trinajstić information content (AvgIpc) is 3.63. The first kappa shape index (κ1) is 31.4. The van der Waals surface area contributed by atoms with Crippen molar-refractivity contribution in [2.24, 2.45) is 0 Å². The van der Waals surface area contributed by atoms with E-state index in [-0.39, 0.29) is 0 Å². The van der Waals surface area contributed by atoms with Crippen LogP contribution in [-0.2, 0) is 12.8 Å². The number of hydrogen-bond acceptors (Lipinski definition) is 4. The van der Waals surface area contributed by atoms with Gasteiger partial charge >= 0.3 is 0 Å². The Bertz CT molecular complexity index is 2630. The molecule has 0 amide bonds. The van der Waals surface area contributed by atoms with E-state index in [0.29, 0.717) is 23.4 Å². The monoisotopic (exact) mass is 683 g/mol. The summed E-state index contributed by atoms with van der Waals surface area (Å²) in [7, 11) is 0. The van der Waals surface area contributed by atoms with Crippen LogP contribution in [0.15, 0.2) is 150 Å². The Kier molecular flexibility index (Phi) is 7.87. The lowest BCUT2D eigenvalue weighted by molar-refractivity contribution is 0.546. The number of aromatic nitrogens is 3. The van der Waals surface area contributed by atoms with Gasteiger partial charge in [0.1, 0.15) is 11.3 Å². The van der Waals surface area contributed by atoms with Crippen LogP contribution in [-0.4, -0.2) is 15.0 Å². The third kappa shape index (κ3) is 5.96. The summed E-state index contributed by atoms with van der Waals surface area (Å²) in [5, 5.41) is 1.24. The number of allylic oxidation sites excluding steroid dienone is 6. The largest absolute Gasteiger partial charge is 0.460 e. The van der Waals surface area contributed by atoms with Gasteiger partial charge in [-0.1, -0.05) is 146 Å². The highest BCUT2D eigenvalue weighted by atomic mass is 16.3. The smallest absolute Gasteiger partial charge is 0.164 e. The minimum Gasteiger partial charge on any atom is -0.460 e. The number of nitrogens with zero attached hydrogens (tertiary/aromatic N) is 3. The zero-order chi connectivity index (χ0) is 35.1. The zero-order valence-corrected chi connectivity index (χ0v) is 29.4. The molecule has 1 unspecified atom stereocenters. The molecule has 7 aromatic rings. The number of fused-ring (bicyclic) bond motifs is 4. The van der Waals surface area contributed by atoms with E-state index in [0.717, 1.165) is 65.7 Å². The average molecular weight is 684 g/mol. The van der Waals surface area contributed by atoms with Crippen molar-refractivity contribution in [1.29, 1.82) is 0 Å². The molecule has 0 bridgehead atoms. The molecule has 0 aliphatic heterocycles. The fourth-order valence-electron chi connectivity index (χ4n) is 8.05. The van der Waals surface area contributed by atoms with Crippen LogP contribution in [0.3, 0.4) is 0 Å². The molecule has 0 radical (unpaired) electrons. The molecule has 0 N–H and O–H groups in total. The van der Waals surface area contributed by atoms with E-state index in [4.69, 9.17) is 19.4 Å². The molecule has 254 valence electrons. The summed E-state index contributed by atoms with van der Waals surface area (Å²) in [5.74, 6) is 3.51. The Labute approximate surface area is 309 Å². The molecule has 2 aromatic heterocycles. The van der Waals surface area contributed by atoms with Gasteiger partial charge in [-0.25, -0.2) is 15.0 Å². The maximum Gasteiger partial charge on any atom is 0.164 e. The first-order valence-electron chi connectivity index (χ1n) is 18.6. The summed E-state index contributed by atoms with van der Waals surface area (Å²) in [6.07, 6.45) is 18.4. The topological polar surface area (TPSA) is 51.8 Å². The maximum absolute atomic E-state index is 6.30. The van der Waals surface area contributed by atoms with Crippen molar-refractivity contribution in [2.45, 2.75) is 38.0 Å². The van der Waals surface area contributed by atoms with Crippen molar-refractivity contribution < 1.29 is 4.42 Å². The van der Waals surface area contributed by atoms with Gasteiger partial charge in [0.15, 0.2) is 17.5 Å². The Morgan fingerprint density at radius 3 is 2.15 bits per heavy atom. The number of rotatable bonds is 6. The molecule has 53 heavy (non-hydrogen) atoms. The van der Waals surface area contributed by atoms with Gasteiger partial charge in [-0.3, -0.25) is 0 Å². The van der Waals surface area contributed by atoms with Crippen LogP contribution in [0, 0.1) is 0 Å². The Morgan fingerprint density at radius 1 is 0.604 bits per heavy atom. The van der Waals surface area contributed by atoms with Gasteiger partial charge in [0.05, 0.1) is 0 Å². The molecule has 0 saturated carbocycles. The Balaban J connectivity index is 1.01. The van der Waals surface area contributed by atoms with E-state index in [9.17, 15) is 0 Å². The van der Waals surface area contributed by atoms with Crippen molar-refractivity contribution in [3.63, 3.8) is 0 Å². The summed E-state index contributed by atoms with van der Waals surface area (Å²) in [4.78, 5) is 15.3. The second-order valence-electron chi connectivity index (χ2n) is 14.2. The van der Waals surface area contributed by atoms with Crippen molar-refractivity contribution in [3.8, 4) is 33.9 Å². The predicted molar refractivity (Wildman–Crippen MR) is 217 cm³/mol. The van der Waals surface area contributed by atoms with Crippen LogP contribution in [0.1, 0.15) is 64.6 Å². The fourth-order valence-corrected chi connectivity index (χ4v) is 8.05. The van der Waals surface area contributed by atoms with Gasteiger partial charge in [0, 0.05) is 40.0 Å². The van der Waals surface area contributed by atoms with Crippen LogP contribution >= 0.6 is 0 Å². The summed E-state index contributed by atoms with van der Waals surface area (Å²) in [5.41, 5.74) is 14.1. The molecule has 3 aliphatic carbocycles. The highest BCUT2D eigenvalue weighted by Gasteiger charge is 2.22. The Morgan fingerprint density at radius 2 is 1.34 bits per heavy atom. The van der Waals surface area contributed by atoms with Gasteiger partial charge < -0.3 is 4.42 Å². The van der Waals surface area contributed by atoms with E-state index in [2.05, 4.69) is 152 Å². The fraction of sp³-hybridized carbons (Fsp3) is 0.122. The third-order valence-corrected chi connectivity index (χ3v) is 10.9.